The van der Waals surface area contributed by atoms with Gasteiger partial charge in [-0.2, -0.15) is 0 Å². The Morgan fingerprint density at radius 2 is 2.17 bits per heavy atom. The molecule has 0 bridgehead atoms. The van der Waals surface area contributed by atoms with Crippen molar-refractivity contribution in [2.75, 3.05) is 23.3 Å². The highest BCUT2D eigenvalue weighted by Gasteiger charge is 2.36. The molecule has 2 aromatic rings. The number of nitrogens with one attached hydrogen (secondary N) is 1. The first-order chi connectivity index (χ1) is 11.2. The van der Waals surface area contributed by atoms with Gasteiger partial charge in [-0.05, 0) is 30.9 Å². The summed E-state index contributed by atoms with van der Waals surface area (Å²) in [5, 5.41) is 10.9. The topological polar surface area (TPSA) is 75.9 Å². The number of hydrogen-bond acceptors (Lipinski definition) is 5. The summed E-state index contributed by atoms with van der Waals surface area (Å²) < 4.78 is 1.97. The summed E-state index contributed by atoms with van der Waals surface area (Å²) in [6.45, 7) is 3.63. The van der Waals surface area contributed by atoms with E-state index < -0.39 is 0 Å². The van der Waals surface area contributed by atoms with Crippen LogP contribution < -0.4 is 10.2 Å². The second-order valence-corrected chi connectivity index (χ2v) is 6.46. The van der Waals surface area contributed by atoms with Crippen molar-refractivity contribution in [3.05, 3.63) is 30.7 Å². The third kappa shape index (κ3) is 2.78. The van der Waals surface area contributed by atoms with Gasteiger partial charge in [0.15, 0.2) is 0 Å². The first kappa shape index (κ1) is 14.2. The SMILES string of the molecule is C[C@@H]1CN(c2ccccn2)C[C@H]1C(=O)Nc1nncn1C1CC1. The first-order valence-corrected chi connectivity index (χ1v) is 8.08. The van der Waals surface area contributed by atoms with Crippen LogP contribution >= 0.6 is 0 Å². The van der Waals surface area contributed by atoms with Gasteiger partial charge in [-0.1, -0.05) is 13.0 Å². The Bertz CT molecular complexity index is 696. The molecule has 7 heteroatoms. The fourth-order valence-electron chi connectivity index (χ4n) is 3.19. The van der Waals surface area contributed by atoms with Gasteiger partial charge >= 0.3 is 0 Å². The minimum absolute atomic E-state index is 0.0193. The molecule has 0 aromatic carbocycles. The third-order valence-electron chi connectivity index (χ3n) is 4.67. The molecule has 3 heterocycles. The molecule has 1 N–H and O–H groups in total. The summed E-state index contributed by atoms with van der Waals surface area (Å²) in [6.07, 6.45) is 5.75. The molecule has 1 aliphatic carbocycles. The normalized spacial score (nSPS) is 24.0. The van der Waals surface area contributed by atoms with Crippen molar-refractivity contribution in [1.82, 2.24) is 19.7 Å². The molecule has 7 nitrogen and oxygen atoms in total. The molecule has 1 saturated heterocycles. The first-order valence-electron chi connectivity index (χ1n) is 8.08. The molecular weight excluding hydrogens is 292 g/mol. The molecule has 1 aliphatic heterocycles. The summed E-state index contributed by atoms with van der Waals surface area (Å²) in [5.74, 6) is 1.72. The van der Waals surface area contributed by atoms with E-state index in [4.69, 9.17) is 0 Å². The summed E-state index contributed by atoms with van der Waals surface area (Å²) in [5.41, 5.74) is 0. The molecule has 1 saturated carbocycles. The fourth-order valence-corrected chi connectivity index (χ4v) is 3.19. The second kappa shape index (κ2) is 5.64. The van der Waals surface area contributed by atoms with Gasteiger partial charge in [0.05, 0.1) is 5.92 Å². The van der Waals surface area contributed by atoms with Crippen LogP contribution in [0, 0.1) is 11.8 Å². The maximum atomic E-state index is 12.7. The number of carbonyl (C=O) groups is 1. The van der Waals surface area contributed by atoms with Gasteiger partial charge in [0.25, 0.3) is 0 Å². The summed E-state index contributed by atoms with van der Waals surface area (Å²) in [7, 11) is 0. The number of hydrogen-bond donors (Lipinski definition) is 1. The molecule has 0 spiro atoms. The minimum atomic E-state index is -0.0682. The Morgan fingerprint density at radius 1 is 1.30 bits per heavy atom. The van der Waals surface area contributed by atoms with Crippen LogP contribution in [-0.2, 0) is 4.79 Å². The molecule has 120 valence electrons. The van der Waals surface area contributed by atoms with Crippen molar-refractivity contribution in [3.63, 3.8) is 0 Å². The Morgan fingerprint density at radius 3 is 2.91 bits per heavy atom. The van der Waals surface area contributed by atoms with Gasteiger partial charge in [0, 0.05) is 25.3 Å². The van der Waals surface area contributed by atoms with E-state index in [0.29, 0.717) is 18.5 Å². The van der Waals surface area contributed by atoms with Gasteiger partial charge in [-0.15, -0.1) is 10.2 Å². The lowest BCUT2D eigenvalue weighted by molar-refractivity contribution is -0.120. The van der Waals surface area contributed by atoms with E-state index in [9.17, 15) is 4.79 Å². The molecule has 1 amide bonds. The summed E-state index contributed by atoms with van der Waals surface area (Å²) in [4.78, 5) is 19.2. The van der Waals surface area contributed by atoms with Crippen LogP contribution in [0.2, 0.25) is 0 Å². The van der Waals surface area contributed by atoms with E-state index in [2.05, 4.69) is 32.3 Å². The number of pyridine rings is 1. The second-order valence-electron chi connectivity index (χ2n) is 6.46. The Labute approximate surface area is 134 Å². The highest BCUT2D eigenvalue weighted by molar-refractivity contribution is 5.92. The molecule has 2 aliphatic rings. The largest absolute Gasteiger partial charge is 0.356 e. The Hall–Kier alpha value is -2.44. The van der Waals surface area contributed by atoms with Crippen molar-refractivity contribution < 1.29 is 4.79 Å². The summed E-state index contributed by atoms with van der Waals surface area (Å²) >= 11 is 0. The van der Waals surface area contributed by atoms with Crippen LogP contribution in [0.15, 0.2) is 30.7 Å². The number of nitrogens with zero attached hydrogens (tertiary/aromatic N) is 5. The van der Waals surface area contributed by atoms with Crippen LogP contribution in [0.1, 0.15) is 25.8 Å². The molecular formula is C16H20N6O. The van der Waals surface area contributed by atoms with Crippen LogP contribution in [-0.4, -0.2) is 38.7 Å². The lowest BCUT2D eigenvalue weighted by Crippen LogP contribution is -2.30. The monoisotopic (exact) mass is 312 g/mol. The van der Waals surface area contributed by atoms with Crippen molar-refractivity contribution in [3.8, 4) is 0 Å². The Balaban J connectivity index is 1.45. The molecule has 4 rings (SSSR count). The van der Waals surface area contributed by atoms with E-state index in [0.717, 1.165) is 25.2 Å². The molecule has 23 heavy (non-hydrogen) atoms. The third-order valence-corrected chi connectivity index (χ3v) is 4.67. The van der Waals surface area contributed by atoms with Gasteiger partial charge in [-0.3, -0.25) is 14.7 Å². The zero-order valence-corrected chi connectivity index (χ0v) is 13.1. The number of amides is 1. The van der Waals surface area contributed by atoms with Crippen molar-refractivity contribution in [2.24, 2.45) is 11.8 Å². The van der Waals surface area contributed by atoms with E-state index in [1.807, 2.05) is 22.8 Å². The van der Waals surface area contributed by atoms with Gasteiger partial charge in [0.1, 0.15) is 12.1 Å². The number of aromatic nitrogens is 4. The van der Waals surface area contributed by atoms with E-state index in [-0.39, 0.29) is 17.7 Å². The van der Waals surface area contributed by atoms with Crippen molar-refractivity contribution in [2.45, 2.75) is 25.8 Å². The average Bonchev–Trinajstić information content (AvgIpc) is 3.18. The minimum Gasteiger partial charge on any atom is -0.356 e. The lowest BCUT2D eigenvalue weighted by Gasteiger charge is -2.17. The van der Waals surface area contributed by atoms with E-state index >= 15 is 0 Å². The highest BCUT2D eigenvalue weighted by Crippen LogP contribution is 2.36. The van der Waals surface area contributed by atoms with E-state index in [1.165, 1.54) is 0 Å². The van der Waals surface area contributed by atoms with Crippen LogP contribution in [0.25, 0.3) is 0 Å². The molecule has 0 unspecified atom stereocenters. The maximum absolute atomic E-state index is 12.7. The highest BCUT2D eigenvalue weighted by atomic mass is 16.2. The average molecular weight is 312 g/mol. The lowest BCUT2D eigenvalue weighted by atomic mass is 9.97. The molecule has 2 aromatic heterocycles. The maximum Gasteiger partial charge on any atom is 0.231 e. The Kier molecular flexibility index (Phi) is 3.48. The zero-order valence-electron chi connectivity index (χ0n) is 13.1. The smallest absolute Gasteiger partial charge is 0.231 e. The predicted octanol–water partition coefficient (Wildman–Crippen LogP) is 1.72. The van der Waals surface area contributed by atoms with Gasteiger partial charge in [-0.25, -0.2) is 4.98 Å². The van der Waals surface area contributed by atoms with Crippen molar-refractivity contribution in [1.29, 1.82) is 0 Å². The quantitative estimate of drug-likeness (QED) is 0.930. The van der Waals surface area contributed by atoms with Crippen LogP contribution in [0.5, 0.6) is 0 Å². The standard InChI is InChI=1S/C16H20N6O/c1-11-8-21(14-4-2-3-7-17-14)9-13(11)15(23)19-16-20-18-10-22(16)12-5-6-12/h2-4,7,10-13H,5-6,8-9H2,1H3,(H,19,20,23)/t11-,13-/m1/s1. The summed E-state index contributed by atoms with van der Waals surface area (Å²) in [6, 6.07) is 6.30. The zero-order chi connectivity index (χ0) is 15.8. The number of carbonyl (C=O) groups excluding carboxylic acids is 1. The fraction of sp³-hybridized carbons (Fsp3) is 0.500. The molecule has 0 radical (unpaired) electrons. The van der Waals surface area contributed by atoms with Crippen LogP contribution in [0.3, 0.4) is 0 Å². The number of anilines is 2. The molecule has 2 fully saturated rings. The van der Waals surface area contributed by atoms with Gasteiger partial charge < -0.3 is 4.90 Å². The van der Waals surface area contributed by atoms with Crippen molar-refractivity contribution >= 4 is 17.7 Å². The molecule has 2 atom stereocenters. The predicted molar refractivity (Wildman–Crippen MR) is 86.0 cm³/mol. The van der Waals surface area contributed by atoms with Gasteiger partial charge in [0.2, 0.25) is 11.9 Å². The van der Waals surface area contributed by atoms with E-state index in [1.54, 1.807) is 12.5 Å². The van der Waals surface area contributed by atoms with Crippen LogP contribution in [0.4, 0.5) is 11.8 Å². The number of rotatable bonds is 4.